The molecule has 2 N–H and O–H groups in total. The van der Waals surface area contributed by atoms with Gasteiger partial charge in [-0.05, 0) is 23.8 Å². The van der Waals surface area contributed by atoms with E-state index in [9.17, 15) is 10.2 Å². The Hall–Kier alpha value is -2.62. The molecule has 0 radical (unpaired) electrons. The fraction of sp³-hybridized carbons (Fsp3) is 0.125. The molecule has 0 aliphatic rings. The topological polar surface area (TPSA) is 58.9 Å². The van der Waals surface area contributed by atoms with Crippen molar-refractivity contribution in [3.8, 4) is 23.0 Å². The molecular formula is C16H16O4. The first-order chi connectivity index (χ1) is 9.63. The van der Waals surface area contributed by atoms with E-state index in [1.54, 1.807) is 44.6 Å². The van der Waals surface area contributed by atoms with E-state index in [2.05, 4.69) is 0 Å². The van der Waals surface area contributed by atoms with Gasteiger partial charge in [0.05, 0.1) is 14.2 Å². The summed E-state index contributed by atoms with van der Waals surface area (Å²) in [5, 5.41) is 19.2. The van der Waals surface area contributed by atoms with Crippen molar-refractivity contribution in [2.24, 2.45) is 0 Å². The van der Waals surface area contributed by atoms with Crippen LogP contribution in [0, 0.1) is 0 Å². The third kappa shape index (κ3) is 3.03. The van der Waals surface area contributed by atoms with Crippen molar-refractivity contribution in [2.75, 3.05) is 14.2 Å². The molecule has 2 aromatic rings. The van der Waals surface area contributed by atoms with Gasteiger partial charge in [-0.1, -0.05) is 24.3 Å². The van der Waals surface area contributed by atoms with E-state index >= 15 is 0 Å². The fourth-order valence-corrected chi connectivity index (χ4v) is 1.79. The van der Waals surface area contributed by atoms with Gasteiger partial charge in [0.15, 0.2) is 11.5 Å². The van der Waals surface area contributed by atoms with E-state index < -0.39 is 0 Å². The molecule has 0 aliphatic carbocycles. The molecule has 0 bridgehead atoms. The average Bonchev–Trinajstić information content (AvgIpc) is 2.48. The van der Waals surface area contributed by atoms with Gasteiger partial charge in [-0.25, -0.2) is 0 Å². The van der Waals surface area contributed by atoms with Gasteiger partial charge in [0.2, 0.25) is 0 Å². The summed E-state index contributed by atoms with van der Waals surface area (Å²) in [4.78, 5) is 0. The summed E-state index contributed by atoms with van der Waals surface area (Å²) in [6.45, 7) is 0. The highest BCUT2D eigenvalue weighted by Gasteiger charge is 2.03. The highest BCUT2D eigenvalue weighted by atomic mass is 16.5. The Morgan fingerprint density at radius 1 is 0.900 bits per heavy atom. The monoisotopic (exact) mass is 272 g/mol. The van der Waals surface area contributed by atoms with Gasteiger partial charge in [-0.3, -0.25) is 0 Å². The van der Waals surface area contributed by atoms with Crippen LogP contribution in [0.3, 0.4) is 0 Å². The van der Waals surface area contributed by atoms with E-state index in [0.717, 1.165) is 5.56 Å². The van der Waals surface area contributed by atoms with Crippen molar-refractivity contribution in [1.29, 1.82) is 0 Å². The number of rotatable bonds is 4. The summed E-state index contributed by atoms with van der Waals surface area (Å²) in [7, 11) is 3.17. The summed E-state index contributed by atoms with van der Waals surface area (Å²) in [6.07, 6.45) is 3.52. The summed E-state index contributed by atoms with van der Waals surface area (Å²) < 4.78 is 10.4. The van der Waals surface area contributed by atoms with Gasteiger partial charge in [0, 0.05) is 11.6 Å². The lowest BCUT2D eigenvalue weighted by atomic mass is 10.1. The van der Waals surface area contributed by atoms with Crippen LogP contribution in [-0.2, 0) is 0 Å². The number of phenols is 2. The molecule has 2 aromatic carbocycles. The number of ether oxygens (including phenoxy) is 2. The Kier molecular flexibility index (Phi) is 4.15. The molecule has 0 aliphatic heterocycles. The Labute approximate surface area is 117 Å². The predicted octanol–water partition coefficient (Wildman–Crippen LogP) is 3.29. The van der Waals surface area contributed by atoms with E-state index in [1.165, 1.54) is 6.07 Å². The first-order valence-corrected chi connectivity index (χ1v) is 6.06. The molecule has 0 amide bonds. The van der Waals surface area contributed by atoms with Crippen LogP contribution in [0.4, 0.5) is 0 Å². The Morgan fingerprint density at radius 2 is 1.55 bits per heavy atom. The number of aromatic hydroxyl groups is 2. The second kappa shape index (κ2) is 6.02. The summed E-state index contributed by atoms with van der Waals surface area (Å²) in [6, 6.07) is 10.3. The van der Waals surface area contributed by atoms with Gasteiger partial charge in [0.25, 0.3) is 0 Å². The Morgan fingerprint density at radius 3 is 2.15 bits per heavy atom. The van der Waals surface area contributed by atoms with Crippen molar-refractivity contribution in [3.63, 3.8) is 0 Å². The number of hydrogen-bond donors (Lipinski definition) is 2. The van der Waals surface area contributed by atoms with Crippen molar-refractivity contribution < 1.29 is 19.7 Å². The number of para-hydroxylation sites is 1. The highest BCUT2D eigenvalue weighted by molar-refractivity contribution is 5.74. The maximum absolute atomic E-state index is 9.73. The van der Waals surface area contributed by atoms with E-state index in [0.29, 0.717) is 17.1 Å². The molecule has 0 unspecified atom stereocenters. The van der Waals surface area contributed by atoms with Crippen LogP contribution in [0.25, 0.3) is 12.2 Å². The van der Waals surface area contributed by atoms with Crippen LogP contribution in [0.15, 0.2) is 36.4 Å². The maximum Gasteiger partial charge on any atom is 0.164 e. The molecule has 0 spiro atoms. The molecule has 0 heterocycles. The van der Waals surface area contributed by atoms with Crippen LogP contribution in [0.5, 0.6) is 23.0 Å². The molecular weight excluding hydrogens is 256 g/mol. The Bertz CT molecular complexity index is 610. The first kappa shape index (κ1) is 13.8. The van der Waals surface area contributed by atoms with E-state index in [-0.39, 0.29) is 11.5 Å². The lowest BCUT2D eigenvalue weighted by molar-refractivity contribution is 0.394. The van der Waals surface area contributed by atoms with Crippen molar-refractivity contribution in [3.05, 3.63) is 47.5 Å². The highest BCUT2D eigenvalue weighted by Crippen LogP contribution is 2.30. The number of phenolic OH excluding ortho intramolecular Hbond substituents is 2. The smallest absolute Gasteiger partial charge is 0.164 e. The SMILES string of the molecule is COc1cc(C=Cc2cccc(O)c2O)cc(OC)c1. The molecule has 104 valence electrons. The summed E-state index contributed by atoms with van der Waals surface area (Å²) in [5.74, 6) is 1.09. The minimum atomic E-state index is -0.143. The van der Waals surface area contributed by atoms with Crippen LogP contribution < -0.4 is 9.47 Å². The molecule has 4 heteroatoms. The molecule has 4 nitrogen and oxygen atoms in total. The zero-order valence-electron chi connectivity index (χ0n) is 11.3. The number of methoxy groups -OCH3 is 2. The van der Waals surface area contributed by atoms with Crippen LogP contribution in [0.2, 0.25) is 0 Å². The molecule has 0 fully saturated rings. The van der Waals surface area contributed by atoms with Crippen LogP contribution in [-0.4, -0.2) is 24.4 Å². The quantitative estimate of drug-likeness (QED) is 0.662. The molecule has 0 atom stereocenters. The van der Waals surface area contributed by atoms with Crippen LogP contribution in [0.1, 0.15) is 11.1 Å². The minimum Gasteiger partial charge on any atom is -0.504 e. The van der Waals surface area contributed by atoms with Crippen molar-refractivity contribution in [1.82, 2.24) is 0 Å². The number of hydrogen-bond acceptors (Lipinski definition) is 4. The second-order valence-electron chi connectivity index (χ2n) is 4.19. The Balaban J connectivity index is 2.33. The van der Waals surface area contributed by atoms with E-state index in [4.69, 9.17) is 9.47 Å². The first-order valence-electron chi connectivity index (χ1n) is 6.06. The van der Waals surface area contributed by atoms with Gasteiger partial charge < -0.3 is 19.7 Å². The molecule has 2 rings (SSSR count). The molecule has 20 heavy (non-hydrogen) atoms. The number of benzene rings is 2. The van der Waals surface area contributed by atoms with Crippen molar-refractivity contribution in [2.45, 2.75) is 0 Å². The summed E-state index contributed by atoms with van der Waals surface area (Å²) >= 11 is 0. The largest absolute Gasteiger partial charge is 0.504 e. The minimum absolute atomic E-state index is 0.140. The van der Waals surface area contributed by atoms with Gasteiger partial charge in [-0.15, -0.1) is 0 Å². The second-order valence-corrected chi connectivity index (χ2v) is 4.19. The third-order valence-electron chi connectivity index (χ3n) is 2.88. The lowest BCUT2D eigenvalue weighted by Crippen LogP contribution is -1.88. The standard InChI is InChI=1S/C16H16O4/c1-19-13-8-11(9-14(10-13)20-2)6-7-12-4-3-5-15(17)16(12)18/h3-10,17-18H,1-2H3. The fourth-order valence-electron chi connectivity index (χ4n) is 1.79. The van der Waals surface area contributed by atoms with Gasteiger partial charge >= 0.3 is 0 Å². The maximum atomic E-state index is 9.73. The van der Waals surface area contributed by atoms with Crippen LogP contribution >= 0.6 is 0 Å². The summed E-state index contributed by atoms with van der Waals surface area (Å²) in [5.41, 5.74) is 1.40. The average molecular weight is 272 g/mol. The third-order valence-corrected chi connectivity index (χ3v) is 2.88. The normalized spacial score (nSPS) is 10.7. The van der Waals surface area contributed by atoms with Gasteiger partial charge in [0.1, 0.15) is 11.5 Å². The molecule has 0 saturated carbocycles. The lowest BCUT2D eigenvalue weighted by Gasteiger charge is -2.06. The zero-order chi connectivity index (χ0) is 14.5. The van der Waals surface area contributed by atoms with Crippen molar-refractivity contribution >= 4 is 12.2 Å². The zero-order valence-corrected chi connectivity index (χ0v) is 11.3. The molecule has 0 saturated heterocycles. The molecule has 0 aromatic heterocycles. The van der Waals surface area contributed by atoms with E-state index in [1.807, 2.05) is 12.1 Å². The van der Waals surface area contributed by atoms with Gasteiger partial charge in [-0.2, -0.15) is 0 Å². The predicted molar refractivity (Wildman–Crippen MR) is 78.2 cm³/mol.